The van der Waals surface area contributed by atoms with E-state index in [0.29, 0.717) is 5.02 Å². The SMILES string of the molecule is CSc1nc2cnc3cc(-c4c(C)noc4C)c(Cl)cc3c2n1[C@H](C)c1ccccn1. The second kappa shape index (κ2) is 7.66. The number of halogens is 1. The summed E-state index contributed by atoms with van der Waals surface area (Å²) in [6.45, 7) is 5.94. The van der Waals surface area contributed by atoms with Crippen molar-refractivity contribution in [1.82, 2.24) is 24.7 Å². The van der Waals surface area contributed by atoms with Crippen molar-refractivity contribution >= 4 is 45.3 Å². The van der Waals surface area contributed by atoms with Crippen LogP contribution in [0.15, 0.2) is 52.4 Å². The van der Waals surface area contributed by atoms with Crippen LogP contribution in [0.4, 0.5) is 0 Å². The Balaban J connectivity index is 1.80. The van der Waals surface area contributed by atoms with Gasteiger partial charge in [-0.2, -0.15) is 0 Å². The van der Waals surface area contributed by atoms with E-state index in [4.69, 9.17) is 26.1 Å². The summed E-state index contributed by atoms with van der Waals surface area (Å²) < 4.78 is 7.57. The molecule has 5 aromatic rings. The molecule has 1 atom stereocenters. The van der Waals surface area contributed by atoms with Gasteiger partial charge in [0.15, 0.2) is 5.16 Å². The van der Waals surface area contributed by atoms with Crippen molar-refractivity contribution in [2.45, 2.75) is 32.0 Å². The van der Waals surface area contributed by atoms with Crippen molar-refractivity contribution in [2.24, 2.45) is 0 Å². The molecule has 0 aliphatic heterocycles. The van der Waals surface area contributed by atoms with Crippen LogP contribution >= 0.6 is 23.4 Å². The van der Waals surface area contributed by atoms with E-state index in [-0.39, 0.29) is 6.04 Å². The molecule has 0 spiro atoms. The molecule has 156 valence electrons. The molecule has 6 nitrogen and oxygen atoms in total. The number of thioether (sulfide) groups is 1. The van der Waals surface area contributed by atoms with E-state index in [0.717, 1.165) is 55.4 Å². The second-order valence-electron chi connectivity index (χ2n) is 7.44. The summed E-state index contributed by atoms with van der Waals surface area (Å²) in [5.74, 6) is 0.735. The molecule has 0 unspecified atom stereocenters. The van der Waals surface area contributed by atoms with Gasteiger partial charge in [0.2, 0.25) is 0 Å². The van der Waals surface area contributed by atoms with Crippen molar-refractivity contribution in [3.8, 4) is 11.1 Å². The molecule has 1 aromatic carbocycles. The highest BCUT2D eigenvalue weighted by molar-refractivity contribution is 7.98. The first-order chi connectivity index (χ1) is 15.0. The highest BCUT2D eigenvalue weighted by Gasteiger charge is 2.22. The number of aromatic nitrogens is 5. The lowest BCUT2D eigenvalue weighted by Gasteiger charge is -2.17. The van der Waals surface area contributed by atoms with Crippen LogP contribution in [0.25, 0.3) is 33.1 Å². The highest BCUT2D eigenvalue weighted by Crippen LogP contribution is 2.39. The number of fused-ring (bicyclic) bond motifs is 3. The molecule has 0 saturated carbocycles. The van der Waals surface area contributed by atoms with E-state index in [1.165, 1.54) is 0 Å². The fourth-order valence-corrected chi connectivity index (χ4v) is 4.99. The zero-order valence-electron chi connectivity index (χ0n) is 17.5. The number of nitrogens with zero attached hydrogens (tertiary/aromatic N) is 5. The fraction of sp³-hybridized carbons (Fsp3) is 0.217. The van der Waals surface area contributed by atoms with Gasteiger partial charge >= 0.3 is 0 Å². The molecule has 0 aliphatic rings. The van der Waals surface area contributed by atoms with Gasteiger partial charge in [-0.25, -0.2) is 4.98 Å². The molecule has 0 aliphatic carbocycles. The third kappa shape index (κ3) is 3.20. The number of pyridine rings is 2. The molecule has 0 fully saturated rings. The van der Waals surface area contributed by atoms with Crippen LogP contribution in [0.3, 0.4) is 0 Å². The zero-order valence-corrected chi connectivity index (χ0v) is 19.1. The van der Waals surface area contributed by atoms with Crippen LogP contribution in [-0.2, 0) is 0 Å². The highest BCUT2D eigenvalue weighted by atomic mass is 35.5. The third-order valence-corrected chi connectivity index (χ3v) is 6.53. The van der Waals surface area contributed by atoms with Gasteiger partial charge in [-0.3, -0.25) is 9.97 Å². The number of aryl methyl sites for hydroxylation is 2. The van der Waals surface area contributed by atoms with Gasteiger partial charge in [0, 0.05) is 27.7 Å². The number of rotatable bonds is 4. The van der Waals surface area contributed by atoms with Crippen molar-refractivity contribution < 1.29 is 4.52 Å². The number of imidazole rings is 1. The van der Waals surface area contributed by atoms with Crippen molar-refractivity contribution in [1.29, 1.82) is 0 Å². The van der Waals surface area contributed by atoms with Gasteiger partial charge in [-0.15, -0.1) is 0 Å². The molecular weight excluding hydrogens is 430 g/mol. The van der Waals surface area contributed by atoms with Crippen molar-refractivity contribution in [2.75, 3.05) is 6.26 Å². The predicted molar refractivity (Wildman–Crippen MR) is 125 cm³/mol. The summed E-state index contributed by atoms with van der Waals surface area (Å²) >= 11 is 8.39. The molecule has 4 heterocycles. The fourth-order valence-electron chi connectivity index (χ4n) is 4.09. The quantitative estimate of drug-likeness (QED) is 0.302. The van der Waals surface area contributed by atoms with Crippen LogP contribution in [0.1, 0.15) is 30.1 Å². The van der Waals surface area contributed by atoms with Crippen molar-refractivity contribution in [3.05, 3.63) is 64.9 Å². The summed E-state index contributed by atoms with van der Waals surface area (Å²) in [6.07, 6.45) is 5.67. The lowest BCUT2D eigenvalue weighted by atomic mass is 10.0. The van der Waals surface area contributed by atoms with Crippen LogP contribution in [0.2, 0.25) is 5.02 Å². The average Bonchev–Trinajstić information content (AvgIpc) is 3.33. The topological polar surface area (TPSA) is 69.6 Å². The molecule has 31 heavy (non-hydrogen) atoms. The molecule has 0 radical (unpaired) electrons. The Morgan fingerprint density at radius 1 is 1.13 bits per heavy atom. The Morgan fingerprint density at radius 3 is 2.65 bits per heavy atom. The summed E-state index contributed by atoms with van der Waals surface area (Å²) in [6, 6.07) is 9.94. The number of hydrogen-bond acceptors (Lipinski definition) is 6. The minimum absolute atomic E-state index is 0.000245. The Kier molecular flexibility index (Phi) is 4.95. The molecule has 0 N–H and O–H groups in total. The van der Waals surface area contributed by atoms with E-state index in [1.807, 2.05) is 62.8 Å². The summed E-state index contributed by atoms with van der Waals surface area (Å²) in [5, 5.41) is 6.56. The van der Waals surface area contributed by atoms with Gasteiger partial charge < -0.3 is 9.09 Å². The molecule has 0 saturated heterocycles. The zero-order chi connectivity index (χ0) is 21.7. The van der Waals surface area contributed by atoms with Crippen LogP contribution in [-0.4, -0.2) is 30.9 Å². The van der Waals surface area contributed by atoms with E-state index < -0.39 is 0 Å². The second-order valence-corrected chi connectivity index (χ2v) is 8.62. The molecule has 8 heteroatoms. The average molecular weight is 450 g/mol. The normalized spacial score (nSPS) is 12.7. The van der Waals surface area contributed by atoms with E-state index >= 15 is 0 Å². The lowest BCUT2D eigenvalue weighted by Crippen LogP contribution is -2.09. The van der Waals surface area contributed by atoms with E-state index in [2.05, 4.69) is 21.6 Å². The molecule has 5 rings (SSSR count). The number of hydrogen-bond donors (Lipinski definition) is 0. The Bertz CT molecular complexity index is 1410. The maximum absolute atomic E-state index is 6.78. The lowest BCUT2D eigenvalue weighted by molar-refractivity contribution is 0.393. The third-order valence-electron chi connectivity index (χ3n) is 5.56. The van der Waals surface area contributed by atoms with Crippen LogP contribution < -0.4 is 0 Å². The van der Waals surface area contributed by atoms with Crippen molar-refractivity contribution in [3.63, 3.8) is 0 Å². The molecular formula is C23H20ClN5OS. The standard InChI is InChI=1S/C23H20ClN5OS/c1-12-21(14(3)30-28-12)15-10-19-16(9-17(15)24)22-20(11-26-19)27-23(31-4)29(22)13(2)18-7-5-6-8-25-18/h5-11,13H,1-4H3/t13-/m1/s1. The van der Waals surface area contributed by atoms with E-state index in [1.54, 1.807) is 11.8 Å². The van der Waals surface area contributed by atoms with E-state index in [9.17, 15) is 0 Å². The summed E-state index contributed by atoms with van der Waals surface area (Å²) in [5.41, 5.74) is 6.23. The predicted octanol–water partition coefficient (Wildman–Crippen LogP) is 6.24. The van der Waals surface area contributed by atoms with Gasteiger partial charge in [-0.1, -0.05) is 34.6 Å². The number of benzene rings is 1. The molecule has 0 amide bonds. The smallest absolute Gasteiger partial charge is 0.169 e. The minimum Gasteiger partial charge on any atom is -0.361 e. The molecule has 4 aromatic heterocycles. The Hall–Kier alpha value is -2.90. The summed E-state index contributed by atoms with van der Waals surface area (Å²) in [7, 11) is 0. The van der Waals surface area contributed by atoms with Gasteiger partial charge in [0.1, 0.15) is 11.3 Å². The van der Waals surface area contributed by atoms with Gasteiger partial charge in [-0.05, 0) is 51.3 Å². The largest absolute Gasteiger partial charge is 0.361 e. The molecule has 0 bridgehead atoms. The maximum atomic E-state index is 6.78. The Labute approximate surface area is 188 Å². The summed E-state index contributed by atoms with van der Waals surface area (Å²) in [4.78, 5) is 14.1. The first-order valence-electron chi connectivity index (χ1n) is 9.88. The first kappa shape index (κ1) is 20.0. The maximum Gasteiger partial charge on any atom is 0.169 e. The van der Waals surface area contributed by atoms with Gasteiger partial charge in [0.25, 0.3) is 0 Å². The van der Waals surface area contributed by atoms with Crippen LogP contribution in [0.5, 0.6) is 0 Å². The minimum atomic E-state index is 0.000245. The monoisotopic (exact) mass is 449 g/mol. The van der Waals surface area contributed by atoms with Crippen LogP contribution in [0, 0.1) is 13.8 Å². The van der Waals surface area contributed by atoms with Gasteiger partial charge in [0.05, 0.1) is 34.7 Å². The Morgan fingerprint density at radius 2 is 1.97 bits per heavy atom. The first-order valence-corrected chi connectivity index (χ1v) is 11.5.